The summed E-state index contributed by atoms with van der Waals surface area (Å²) >= 11 is 0. The van der Waals surface area contributed by atoms with Crippen molar-refractivity contribution in [3.63, 3.8) is 0 Å². The van der Waals surface area contributed by atoms with Gasteiger partial charge in [-0.3, -0.25) is 0 Å². The molecule has 5 nitrogen and oxygen atoms in total. The van der Waals surface area contributed by atoms with E-state index >= 15 is 0 Å². The van der Waals surface area contributed by atoms with Crippen molar-refractivity contribution in [2.24, 2.45) is 52.3 Å². The third kappa shape index (κ3) is 2.93. The summed E-state index contributed by atoms with van der Waals surface area (Å²) < 4.78 is 6.64. The first-order valence-corrected chi connectivity index (χ1v) is 13.6. The highest BCUT2D eigenvalue weighted by molar-refractivity contribution is 5.15. The fourth-order valence-electron chi connectivity index (χ4n) is 10.7. The number of rotatable bonds is 1. The SMILES string of the molecule is C[C@H]1[C@H]2[C@H](C[C@H]3[C@@H]4CC[C@H]5C[C@@H](O)CC[C@]5(C)[C@H]4CC[C@]23C)O[C@@]2(O)CC(CO)CN[C@@H]12. The van der Waals surface area contributed by atoms with E-state index in [0.29, 0.717) is 40.9 Å². The van der Waals surface area contributed by atoms with Crippen molar-refractivity contribution >= 4 is 0 Å². The van der Waals surface area contributed by atoms with Crippen molar-refractivity contribution in [1.29, 1.82) is 0 Å². The molecule has 6 rings (SSSR count). The van der Waals surface area contributed by atoms with E-state index in [4.69, 9.17) is 4.74 Å². The fraction of sp³-hybridized carbons (Fsp3) is 1.00. The van der Waals surface area contributed by atoms with Gasteiger partial charge in [0.15, 0.2) is 5.79 Å². The Labute approximate surface area is 193 Å². The Hall–Kier alpha value is -0.200. The molecule has 6 fully saturated rings. The van der Waals surface area contributed by atoms with Crippen LogP contribution in [0.15, 0.2) is 0 Å². The van der Waals surface area contributed by atoms with Gasteiger partial charge in [0.25, 0.3) is 0 Å². The lowest BCUT2D eigenvalue weighted by atomic mass is 9.44. The van der Waals surface area contributed by atoms with Crippen LogP contribution in [0.2, 0.25) is 0 Å². The van der Waals surface area contributed by atoms with Crippen LogP contribution >= 0.6 is 0 Å². The second-order valence-electron chi connectivity index (χ2n) is 13.4. The second kappa shape index (κ2) is 7.40. The van der Waals surface area contributed by atoms with Crippen molar-refractivity contribution in [1.82, 2.24) is 5.32 Å². The summed E-state index contributed by atoms with van der Waals surface area (Å²) in [6, 6.07) is -0.0343. The summed E-state index contributed by atoms with van der Waals surface area (Å²) in [5.74, 6) is 2.72. The molecule has 2 saturated heterocycles. The molecule has 13 atom stereocenters. The van der Waals surface area contributed by atoms with Gasteiger partial charge in [0.05, 0.1) is 18.2 Å². The van der Waals surface area contributed by atoms with Gasteiger partial charge in [-0.1, -0.05) is 20.8 Å². The van der Waals surface area contributed by atoms with Crippen LogP contribution in [0.4, 0.5) is 0 Å². The van der Waals surface area contributed by atoms with Crippen LogP contribution in [-0.4, -0.2) is 52.5 Å². The van der Waals surface area contributed by atoms with Crippen molar-refractivity contribution in [3.8, 4) is 0 Å². The number of nitrogens with one attached hydrogen (secondary N) is 1. The molecule has 4 aliphatic carbocycles. The summed E-state index contributed by atoms with van der Waals surface area (Å²) in [5, 5.41) is 35.2. The Bertz CT molecular complexity index is 747. The van der Waals surface area contributed by atoms with Gasteiger partial charge in [0.1, 0.15) is 0 Å². The molecule has 0 amide bonds. The molecule has 2 aliphatic heterocycles. The topological polar surface area (TPSA) is 82.0 Å². The standard InChI is InChI=1S/C27H45NO4/c1-15-23-22(32-27(31)12-16(14-29)13-28-24(15)27)11-21-19-5-4-17-10-18(30)6-8-25(17,2)20(19)7-9-26(21,23)3/h15-24,28-31H,4-14H2,1-3H3/t15-,16?,17-,18-,19+,20-,21-,22-,23-,24-,25-,26-,27-/m0/s1. The second-order valence-corrected chi connectivity index (χ2v) is 13.4. The Morgan fingerprint density at radius 1 is 1.00 bits per heavy atom. The van der Waals surface area contributed by atoms with E-state index in [1.807, 2.05) is 0 Å². The van der Waals surface area contributed by atoms with Crippen LogP contribution in [0.5, 0.6) is 0 Å². The molecular formula is C27H45NO4. The molecule has 0 spiro atoms. The zero-order valence-electron chi connectivity index (χ0n) is 20.3. The Kier molecular flexibility index (Phi) is 5.15. The van der Waals surface area contributed by atoms with Crippen LogP contribution in [0, 0.1) is 52.3 Å². The minimum atomic E-state index is -1.14. The van der Waals surface area contributed by atoms with Crippen LogP contribution < -0.4 is 5.32 Å². The number of aliphatic hydroxyl groups is 3. The highest BCUT2D eigenvalue weighted by Crippen LogP contribution is 2.70. The molecule has 0 aromatic heterocycles. The number of ether oxygens (including phenoxy) is 1. The van der Waals surface area contributed by atoms with Gasteiger partial charge in [0, 0.05) is 19.6 Å². The molecule has 2 heterocycles. The molecule has 4 N–H and O–H groups in total. The first-order valence-electron chi connectivity index (χ1n) is 13.6. The number of aliphatic hydroxyl groups excluding tert-OH is 2. The summed E-state index contributed by atoms with van der Waals surface area (Å²) in [4.78, 5) is 0. The Morgan fingerprint density at radius 3 is 2.56 bits per heavy atom. The molecule has 4 saturated carbocycles. The largest absolute Gasteiger partial charge is 0.396 e. The molecule has 5 heteroatoms. The first kappa shape index (κ1) is 22.3. The number of hydrogen-bond donors (Lipinski definition) is 4. The monoisotopic (exact) mass is 447 g/mol. The van der Waals surface area contributed by atoms with Crippen molar-refractivity contribution < 1.29 is 20.1 Å². The molecule has 182 valence electrons. The van der Waals surface area contributed by atoms with Crippen LogP contribution in [-0.2, 0) is 4.74 Å². The van der Waals surface area contributed by atoms with E-state index in [1.54, 1.807) is 0 Å². The molecule has 32 heavy (non-hydrogen) atoms. The third-order valence-electron chi connectivity index (χ3n) is 12.1. The van der Waals surface area contributed by atoms with Gasteiger partial charge in [-0.15, -0.1) is 0 Å². The van der Waals surface area contributed by atoms with E-state index in [2.05, 4.69) is 26.1 Å². The van der Waals surface area contributed by atoms with Crippen LogP contribution in [0.1, 0.15) is 78.6 Å². The molecular weight excluding hydrogens is 402 g/mol. The van der Waals surface area contributed by atoms with Gasteiger partial charge >= 0.3 is 0 Å². The lowest BCUT2D eigenvalue weighted by Gasteiger charge is -2.62. The molecule has 0 aromatic carbocycles. The predicted octanol–water partition coefficient (Wildman–Crippen LogP) is 3.31. The zero-order chi connectivity index (χ0) is 22.5. The van der Waals surface area contributed by atoms with E-state index in [1.165, 1.54) is 32.1 Å². The maximum Gasteiger partial charge on any atom is 0.182 e. The summed E-state index contributed by atoms with van der Waals surface area (Å²) in [5.41, 5.74) is 0.686. The molecule has 0 aromatic rings. The predicted molar refractivity (Wildman–Crippen MR) is 123 cm³/mol. The van der Waals surface area contributed by atoms with E-state index < -0.39 is 5.79 Å². The van der Waals surface area contributed by atoms with Crippen molar-refractivity contribution in [3.05, 3.63) is 0 Å². The fourth-order valence-corrected chi connectivity index (χ4v) is 10.7. The third-order valence-corrected chi connectivity index (χ3v) is 12.1. The first-order chi connectivity index (χ1) is 15.2. The smallest absolute Gasteiger partial charge is 0.182 e. The Morgan fingerprint density at radius 2 is 1.78 bits per heavy atom. The summed E-state index contributed by atoms with van der Waals surface area (Å²) in [6.07, 6.45) is 10.1. The molecule has 1 unspecified atom stereocenters. The van der Waals surface area contributed by atoms with E-state index in [9.17, 15) is 15.3 Å². The highest BCUT2D eigenvalue weighted by atomic mass is 16.6. The highest BCUT2D eigenvalue weighted by Gasteiger charge is 2.67. The van der Waals surface area contributed by atoms with E-state index in [-0.39, 0.29) is 30.8 Å². The Balaban J connectivity index is 1.29. The quantitative estimate of drug-likeness (QED) is 0.496. The zero-order valence-corrected chi connectivity index (χ0v) is 20.3. The van der Waals surface area contributed by atoms with E-state index in [0.717, 1.165) is 37.6 Å². The van der Waals surface area contributed by atoms with Gasteiger partial charge in [-0.05, 0) is 104 Å². The molecule has 0 bridgehead atoms. The maximum absolute atomic E-state index is 11.6. The van der Waals surface area contributed by atoms with Crippen molar-refractivity contribution in [2.45, 2.75) is 103 Å². The molecule has 0 radical (unpaired) electrons. The van der Waals surface area contributed by atoms with Crippen molar-refractivity contribution in [2.75, 3.05) is 13.2 Å². The number of hydrogen-bond acceptors (Lipinski definition) is 5. The normalized spacial score (nSPS) is 61.7. The average Bonchev–Trinajstić information content (AvgIpc) is 3.05. The van der Waals surface area contributed by atoms with Gasteiger partial charge < -0.3 is 25.4 Å². The van der Waals surface area contributed by atoms with Crippen LogP contribution in [0.3, 0.4) is 0 Å². The minimum Gasteiger partial charge on any atom is -0.396 e. The van der Waals surface area contributed by atoms with Gasteiger partial charge in [0.2, 0.25) is 0 Å². The van der Waals surface area contributed by atoms with Crippen LogP contribution in [0.25, 0.3) is 0 Å². The lowest BCUT2D eigenvalue weighted by Crippen LogP contribution is -2.68. The number of fused-ring (bicyclic) bond motifs is 8. The lowest BCUT2D eigenvalue weighted by molar-refractivity contribution is -0.312. The van der Waals surface area contributed by atoms with Gasteiger partial charge in [-0.2, -0.15) is 0 Å². The summed E-state index contributed by atoms with van der Waals surface area (Å²) in [6.45, 7) is 8.33. The minimum absolute atomic E-state index is 0.0343. The number of piperidine rings is 1. The summed E-state index contributed by atoms with van der Waals surface area (Å²) in [7, 11) is 0. The molecule has 6 aliphatic rings. The maximum atomic E-state index is 11.6. The average molecular weight is 448 g/mol. The van der Waals surface area contributed by atoms with Gasteiger partial charge in [-0.25, -0.2) is 0 Å².